The summed E-state index contributed by atoms with van der Waals surface area (Å²) in [4.78, 5) is 7.60. The maximum absolute atomic E-state index is 2.63. The quantitative estimate of drug-likeness (QED) is 0.210. The van der Waals surface area contributed by atoms with E-state index >= 15 is 0 Å². The average Bonchev–Trinajstić information content (AvgIpc) is 3.33. The molecule has 0 aliphatic carbocycles. The van der Waals surface area contributed by atoms with Crippen LogP contribution in [0, 0.1) is 13.8 Å². The van der Waals surface area contributed by atoms with Gasteiger partial charge in [-0.2, -0.15) is 0 Å². The molecule has 1 unspecified atom stereocenters. The van der Waals surface area contributed by atoms with Crippen LogP contribution in [0.25, 0.3) is 21.5 Å². The van der Waals surface area contributed by atoms with Crippen LogP contribution in [-0.2, 0) is 0 Å². The zero-order valence-corrected chi connectivity index (χ0v) is 25.4. The Morgan fingerprint density at radius 1 is 0.659 bits per heavy atom. The number of fused-ring (bicyclic) bond motifs is 4. The topological polar surface area (TPSA) is 9.72 Å². The van der Waals surface area contributed by atoms with Crippen LogP contribution in [0.1, 0.15) is 38.3 Å². The Balaban J connectivity index is 1.43. The lowest BCUT2D eigenvalue weighted by atomic mass is 10.0. The third-order valence-corrected chi connectivity index (χ3v) is 9.97. The molecule has 0 saturated heterocycles. The van der Waals surface area contributed by atoms with Gasteiger partial charge >= 0.3 is 0 Å². The summed E-state index contributed by atoms with van der Waals surface area (Å²) in [7, 11) is 4.65. The molecule has 0 fully saturated rings. The van der Waals surface area contributed by atoms with E-state index in [9.17, 15) is 0 Å². The normalized spacial score (nSPS) is 21.7. The summed E-state index contributed by atoms with van der Waals surface area (Å²) in [5.41, 5.74) is 10.5. The van der Waals surface area contributed by atoms with Gasteiger partial charge in [-0.3, -0.25) is 9.38 Å². The van der Waals surface area contributed by atoms with Gasteiger partial charge < -0.3 is 9.80 Å². The molecule has 4 nitrogen and oxygen atoms in total. The third-order valence-electron chi connectivity index (χ3n) is 9.97. The molecule has 208 valence electrons. The zero-order chi connectivity index (χ0) is 28.6. The Bertz CT molecular complexity index is 1820. The van der Waals surface area contributed by atoms with Gasteiger partial charge in [-0.1, -0.05) is 55.5 Å². The van der Waals surface area contributed by atoms with Gasteiger partial charge in [0.2, 0.25) is 0 Å². The lowest BCUT2D eigenvalue weighted by molar-refractivity contribution is 0.281. The van der Waals surface area contributed by atoms with E-state index in [1.807, 2.05) is 0 Å². The maximum Gasteiger partial charge on any atom is 0.170 e. The van der Waals surface area contributed by atoms with Crippen molar-refractivity contribution in [1.82, 2.24) is 4.48 Å². The number of nitrogens with zero attached hydrogens (tertiary/aromatic N) is 4. The van der Waals surface area contributed by atoms with Crippen LogP contribution in [-0.4, -0.2) is 33.0 Å². The number of benzene rings is 5. The molecule has 0 radical (unpaired) electrons. The third kappa shape index (κ3) is 3.70. The zero-order valence-electron chi connectivity index (χ0n) is 25.4. The molecule has 41 heavy (non-hydrogen) atoms. The van der Waals surface area contributed by atoms with Crippen molar-refractivity contribution in [3.05, 3.63) is 96.1 Å². The minimum absolute atomic E-state index is 0.212. The van der Waals surface area contributed by atoms with Gasteiger partial charge in [-0.25, -0.2) is 0 Å². The SMILES string of the molecule is CCC[N+]1(C)c2cc3ccccc3cc2N(c2cc(C)cc(N3c4cc5ccccc5cc4N(C)[C@@H]3C)c2C)[C@@H]1C. The van der Waals surface area contributed by atoms with Crippen molar-refractivity contribution < 1.29 is 0 Å². The molecular weight excluding hydrogens is 500 g/mol. The molecule has 4 heteroatoms. The number of hydrogen-bond acceptors (Lipinski definition) is 3. The second-order valence-electron chi connectivity index (χ2n) is 12.4. The molecule has 0 amide bonds. The molecule has 2 aliphatic heterocycles. The van der Waals surface area contributed by atoms with E-state index in [-0.39, 0.29) is 12.3 Å². The van der Waals surface area contributed by atoms with Crippen LogP contribution in [0.2, 0.25) is 0 Å². The minimum Gasteiger partial charge on any atom is -0.352 e. The van der Waals surface area contributed by atoms with E-state index in [1.54, 1.807) is 0 Å². The van der Waals surface area contributed by atoms with Crippen LogP contribution in [0.4, 0.5) is 34.1 Å². The fourth-order valence-electron chi connectivity index (χ4n) is 7.50. The highest BCUT2D eigenvalue weighted by Crippen LogP contribution is 2.53. The Morgan fingerprint density at radius 2 is 1.17 bits per heavy atom. The molecule has 5 aromatic carbocycles. The van der Waals surface area contributed by atoms with Gasteiger partial charge in [0.15, 0.2) is 11.9 Å². The molecule has 0 saturated carbocycles. The first kappa shape index (κ1) is 25.9. The Hall–Kier alpha value is -4.02. The van der Waals surface area contributed by atoms with Gasteiger partial charge in [0.1, 0.15) is 11.9 Å². The number of quaternary nitrogens is 1. The summed E-state index contributed by atoms with van der Waals surface area (Å²) in [5.74, 6) is 0. The molecule has 0 N–H and O–H groups in total. The van der Waals surface area contributed by atoms with E-state index in [4.69, 9.17) is 0 Å². The van der Waals surface area contributed by atoms with Gasteiger partial charge in [0.05, 0.1) is 30.7 Å². The van der Waals surface area contributed by atoms with Crippen LogP contribution in [0.5, 0.6) is 0 Å². The second-order valence-corrected chi connectivity index (χ2v) is 12.4. The summed E-state index contributed by atoms with van der Waals surface area (Å²) in [6.07, 6.45) is 1.63. The van der Waals surface area contributed by atoms with Crippen molar-refractivity contribution in [2.24, 2.45) is 0 Å². The van der Waals surface area contributed by atoms with Crippen molar-refractivity contribution in [2.75, 3.05) is 35.3 Å². The Morgan fingerprint density at radius 3 is 1.76 bits per heavy atom. The highest BCUT2D eigenvalue weighted by molar-refractivity contribution is 5.99. The standard InChI is InChI=1S/C37H41N4/c1-8-17-41(7)27(5)40(36-22-30-15-11-12-16-31(30)23-37(36)41)33-19-24(2)18-32(25(33)3)39-26(4)38(6)34-20-28-13-9-10-14-29(28)21-35(34)39/h9-16,18-23,26-27H,8,17H2,1-7H3/q+1/t26-,27-,41?/m0/s1. The first-order valence-electron chi connectivity index (χ1n) is 15.1. The summed E-state index contributed by atoms with van der Waals surface area (Å²) >= 11 is 0. The molecule has 7 rings (SSSR count). The molecule has 0 aromatic heterocycles. The van der Waals surface area contributed by atoms with Crippen molar-refractivity contribution in [1.29, 1.82) is 0 Å². The number of anilines is 5. The second kappa shape index (κ2) is 9.25. The van der Waals surface area contributed by atoms with E-state index in [0.717, 1.165) is 17.4 Å². The van der Waals surface area contributed by atoms with E-state index in [2.05, 4.69) is 148 Å². The van der Waals surface area contributed by atoms with Crippen LogP contribution < -0.4 is 19.2 Å². The summed E-state index contributed by atoms with van der Waals surface area (Å²) in [6.45, 7) is 12.7. The van der Waals surface area contributed by atoms with Gasteiger partial charge in [0.25, 0.3) is 0 Å². The number of aryl methyl sites for hydroxylation is 1. The smallest absolute Gasteiger partial charge is 0.170 e. The Labute approximate surface area is 244 Å². The highest BCUT2D eigenvalue weighted by atomic mass is 15.5. The van der Waals surface area contributed by atoms with Gasteiger partial charge in [0, 0.05) is 25.7 Å². The molecule has 5 aromatic rings. The first-order valence-corrected chi connectivity index (χ1v) is 15.1. The molecule has 2 heterocycles. The molecule has 0 spiro atoms. The van der Waals surface area contributed by atoms with Crippen molar-refractivity contribution in [3.63, 3.8) is 0 Å². The lowest BCUT2D eigenvalue weighted by Crippen LogP contribution is -2.54. The fraction of sp³-hybridized carbons (Fsp3) is 0.297. The summed E-state index contributed by atoms with van der Waals surface area (Å²) in [5, 5.41) is 5.19. The number of rotatable bonds is 4. The van der Waals surface area contributed by atoms with E-state index in [0.29, 0.717) is 0 Å². The average molecular weight is 542 g/mol. The van der Waals surface area contributed by atoms with Crippen molar-refractivity contribution in [2.45, 2.75) is 53.4 Å². The highest BCUT2D eigenvalue weighted by Gasteiger charge is 2.47. The van der Waals surface area contributed by atoms with Gasteiger partial charge in [-0.05, 0) is 90.2 Å². The van der Waals surface area contributed by atoms with Crippen LogP contribution in [0.15, 0.2) is 84.9 Å². The summed E-state index contributed by atoms with van der Waals surface area (Å²) < 4.78 is 0.914. The van der Waals surface area contributed by atoms with E-state index in [1.165, 1.54) is 66.8 Å². The van der Waals surface area contributed by atoms with Crippen LogP contribution >= 0.6 is 0 Å². The molecule has 0 bridgehead atoms. The first-order chi connectivity index (χ1) is 19.7. The molecule has 2 aliphatic rings. The van der Waals surface area contributed by atoms with Crippen molar-refractivity contribution in [3.8, 4) is 0 Å². The molecular formula is C37H41N4+. The number of hydrogen-bond donors (Lipinski definition) is 0. The minimum atomic E-state index is 0.212. The lowest BCUT2D eigenvalue weighted by Gasteiger charge is -2.37. The monoisotopic (exact) mass is 541 g/mol. The van der Waals surface area contributed by atoms with Crippen molar-refractivity contribution >= 4 is 55.7 Å². The van der Waals surface area contributed by atoms with Gasteiger partial charge in [-0.15, -0.1) is 0 Å². The largest absolute Gasteiger partial charge is 0.352 e. The van der Waals surface area contributed by atoms with Crippen LogP contribution in [0.3, 0.4) is 0 Å². The predicted molar refractivity (Wildman–Crippen MR) is 178 cm³/mol. The maximum atomic E-state index is 2.63. The van der Waals surface area contributed by atoms with E-state index < -0.39 is 0 Å². The molecule has 3 atom stereocenters. The fourth-order valence-corrected chi connectivity index (χ4v) is 7.50. The summed E-state index contributed by atoms with van der Waals surface area (Å²) in [6, 6.07) is 31.9. The Kier molecular flexibility index (Phi) is 5.85. The predicted octanol–water partition coefficient (Wildman–Crippen LogP) is 9.39.